The maximum absolute atomic E-state index is 12.6. The molecule has 0 unspecified atom stereocenters. The first-order valence-electron chi connectivity index (χ1n) is 8.36. The van der Waals surface area contributed by atoms with Gasteiger partial charge in [-0.15, -0.1) is 11.3 Å². The summed E-state index contributed by atoms with van der Waals surface area (Å²) in [5.41, 5.74) is 2.70. The topological polar surface area (TPSA) is 71.2 Å². The van der Waals surface area contributed by atoms with Crippen LogP contribution in [-0.4, -0.2) is 49.1 Å². The molecule has 1 fully saturated rings. The van der Waals surface area contributed by atoms with E-state index >= 15 is 0 Å². The van der Waals surface area contributed by atoms with Crippen molar-refractivity contribution in [2.45, 2.75) is 31.9 Å². The summed E-state index contributed by atoms with van der Waals surface area (Å²) < 4.78 is 2.05. The molecule has 3 aromatic rings. The van der Waals surface area contributed by atoms with Gasteiger partial charge in [-0.2, -0.15) is 0 Å². The fourth-order valence-corrected chi connectivity index (χ4v) is 4.19. The lowest BCUT2D eigenvalue weighted by atomic mass is 9.91. The summed E-state index contributed by atoms with van der Waals surface area (Å²) in [6.07, 6.45) is 6.71. The molecule has 1 saturated heterocycles. The van der Waals surface area contributed by atoms with E-state index in [1.807, 2.05) is 40.9 Å². The number of carbonyl (C=O) groups is 1. The zero-order valence-corrected chi connectivity index (χ0v) is 14.9. The van der Waals surface area contributed by atoms with Gasteiger partial charge < -0.3 is 14.6 Å². The summed E-state index contributed by atoms with van der Waals surface area (Å²) in [6, 6.07) is 4.00. The highest BCUT2D eigenvalue weighted by molar-refractivity contribution is 7.11. The maximum Gasteiger partial charge on any atom is 0.265 e. The first-order valence-corrected chi connectivity index (χ1v) is 9.24. The molecule has 6 nitrogen and oxygen atoms in total. The summed E-state index contributed by atoms with van der Waals surface area (Å²) in [5.74, 6) is 0.0256. The fourth-order valence-electron chi connectivity index (χ4n) is 3.42. The van der Waals surface area contributed by atoms with Gasteiger partial charge in [0.25, 0.3) is 5.91 Å². The minimum Gasteiger partial charge on any atom is -0.388 e. The number of nitrogens with zero attached hydrogens (tertiary/aromatic N) is 4. The molecule has 130 valence electrons. The van der Waals surface area contributed by atoms with Crippen molar-refractivity contribution in [3.63, 3.8) is 0 Å². The molecular formula is C18H20N4O2S. The van der Waals surface area contributed by atoms with Crippen molar-refractivity contribution >= 4 is 28.1 Å². The summed E-state index contributed by atoms with van der Waals surface area (Å²) in [5, 5.41) is 12.1. The third-order valence-electron chi connectivity index (χ3n) is 4.96. The lowest BCUT2D eigenvalue weighted by Gasteiger charge is -2.38. The second-order valence-electron chi connectivity index (χ2n) is 6.66. The van der Waals surface area contributed by atoms with Crippen molar-refractivity contribution in [3.05, 3.63) is 46.8 Å². The Kier molecular flexibility index (Phi) is 4.05. The Hall–Kier alpha value is -2.25. The maximum atomic E-state index is 12.6. The third-order valence-corrected chi connectivity index (χ3v) is 5.88. The largest absolute Gasteiger partial charge is 0.388 e. The van der Waals surface area contributed by atoms with Gasteiger partial charge in [0.15, 0.2) is 0 Å². The van der Waals surface area contributed by atoms with Crippen LogP contribution in [-0.2, 0) is 6.54 Å². The van der Waals surface area contributed by atoms with Crippen LogP contribution in [0.4, 0.5) is 0 Å². The van der Waals surface area contributed by atoms with Crippen LogP contribution in [0.25, 0.3) is 10.9 Å². The Morgan fingerprint density at radius 1 is 1.36 bits per heavy atom. The van der Waals surface area contributed by atoms with Crippen LogP contribution >= 0.6 is 11.3 Å². The number of hydrogen-bond donors (Lipinski definition) is 1. The summed E-state index contributed by atoms with van der Waals surface area (Å²) >= 11 is 1.38. The van der Waals surface area contributed by atoms with Crippen LogP contribution in [0.15, 0.2) is 36.2 Å². The number of carbonyl (C=O) groups excluding carboxylic acids is 1. The molecule has 0 atom stereocenters. The number of hydrogen-bond acceptors (Lipinski definition) is 5. The molecule has 3 aromatic heterocycles. The average Bonchev–Trinajstić information content (AvgIpc) is 3.21. The SMILES string of the molecule is Cc1ncsc1C(=O)N1CCC(O)(Cn2ccc3ccncc32)CC1. The molecule has 1 amide bonds. The van der Waals surface area contributed by atoms with Crippen LogP contribution in [0.5, 0.6) is 0 Å². The predicted molar refractivity (Wildman–Crippen MR) is 96.7 cm³/mol. The Balaban J connectivity index is 1.45. The number of aryl methyl sites for hydroxylation is 1. The quantitative estimate of drug-likeness (QED) is 0.783. The van der Waals surface area contributed by atoms with Gasteiger partial charge >= 0.3 is 0 Å². The number of pyridine rings is 1. The van der Waals surface area contributed by atoms with Gasteiger partial charge in [-0.1, -0.05) is 0 Å². The molecule has 0 aliphatic carbocycles. The predicted octanol–water partition coefficient (Wildman–Crippen LogP) is 2.47. The number of piperidine rings is 1. The minimum absolute atomic E-state index is 0.0256. The van der Waals surface area contributed by atoms with Crippen LogP contribution in [0.1, 0.15) is 28.2 Å². The Bertz CT molecular complexity index is 909. The standard InChI is InChI=1S/C18H20N4O2S/c1-13-16(25-12-20-13)17(23)21-8-4-18(24,5-9-21)11-22-7-3-14-2-6-19-10-15(14)22/h2-3,6-7,10,12,24H,4-5,8-9,11H2,1H3. The number of fused-ring (bicyclic) bond motifs is 1. The van der Waals surface area contributed by atoms with E-state index < -0.39 is 5.60 Å². The molecule has 1 aliphatic heterocycles. The molecule has 0 saturated carbocycles. The molecule has 0 radical (unpaired) electrons. The molecule has 0 aromatic carbocycles. The highest BCUT2D eigenvalue weighted by atomic mass is 32.1. The van der Waals surface area contributed by atoms with E-state index in [1.54, 1.807) is 11.7 Å². The van der Waals surface area contributed by atoms with Gasteiger partial charge in [0.2, 0.25) is 0 Å². The van der Waals surface area contributed by atoms with E-state index in [0.29, 0.717) is 37.4 Å². The summed E-state index contributed by atoms with van der Waals surface area (Å²) in [7, 11) is 0. The van der Waals surface area contributed by atoms with Gasteiger partial charge in [0.1, 0.15) is 4.88 Å². The molecule has 4 heterocycles. The molecule has 0 bridgehead atoms. The first kappa shape index (κ1) is 16.2. The van der Waals surface area contributed by atoms with Crippen molar-refractivity contribution in [1.82, 2.24) is 19.4 Å². The van der Waals surface area contributed by atoms with Crippen LogP contribution < -0.4 is 0 Å². The molecular weight excluding hydrogens is 336 g/mol. The average molecular weight is 356 g/mol. The summed E-state index contributed by atoms with van der Waals surface area (Å²) in [6.45, 7) is 3.49. The lowest BCUT2D eigenvalue weighted by Crippen LogP contribution is -2.48. The van der Waals surface area contributed by atoms with Crippen LogP contribution in [0.2, 0.25) is 0 Å². The van der Waals surface area contributed by atoms with Crippen molar-refractivity contribution in [2.75, 3.05) is 13.1 Å². The van der Waals surface area contributed by atoms with Gasteiger partial charge in [0, 0.05) is 30.9 Å². The minimum atomic E-state index is -0.804. The highest BCUT2D eigenvalue weighted by Gasteiger charge is 2.35. The molecule has 1 aliphatic rings. The molecule has 1 N–H and O–H groups in total. The number of aromatic nitrogens is 3. The highest BCUT2D eigenvalue weighted by Crippen LogP contribution is 2.28. The van der Waals surface area contributed by atoms with Gasteiger partial charge in [0.05, 0.1) is 35.1 Å². The first-order chi connectivity index (χ1) is 12.1. The van der Waals surface area contributed by atoms with E-state index in [-0.39, 0.29) is 5.91 Å². The number of thiazole rings is 1. The second kappa shape index (κ2) is 6.24. The van der Waals surface area contributed by atoms with Crippen molar-refractivity contribution in [3.8, 4) is 0 Å². The Morgan fingerprint density at radius 3 is 2.88 bits per heavy atom. The lowest BCUT2D eigenvalue weighted by molar-refractivity contribution is -0.0283. The van der Waals surface area contributed by atoms with E-state index in [1.165, 1.54) is 11.3 Å². The molecule has 0 spiro atoms. The molecule has 7 heteroatoms. The van der Waals surface area contributed by atoms with E-state index in [0.717, 1.165) is 16.6 Å². The second-order valence-corrected chi connectivity index (χ2v) is 7.52. The van der Waals surface area contributed by atoms with Crippen LogP contribution in [0.3, 0.4) is 0 Å². The number of rotatable bonds is 3. The molecule has 4 rings (SSSR count). The third kappa shape index (κ3) is 3.05. The Labute approximate surface area is 149 Å². The van der Waals surface area contributed by atoms with E-state index in [4.69, 9.17) is 0 Å². The Morgan fingerprint density at radius 2 is 2.16 bits per heavy atom. The van der Waals surface area contributed by atoms with Crippen molar-refractivity contribution in [2.24, 2.45) is 0 Å². The van der Waals surface area contributed by atoms with Crippen molar-refractivity contribution in [1.29, 1.82) is 0 Å². The normalized spacial score (nSPS) is 17.1. The smallest absolute Gasteiger partial charge is 0.265 e. The molecule has 25 heavy (non-hydrogen) atoms. The van der Waals surface area contributed by atoms with Gasteiger partial charge in [-0.25, -0.2) is 4.98 Å². The van der Waals surface area contributed by atoms with Gasteiger partial charge in [-0.05, 0) is 31.9 Å². The number of amides is 1. The van der Waals surface area contributed by atoms with E-state index in [9.17, 15) is 9.90 Å². The zero-order chi connectivity index (χ0) is 17.4. The summed E-state index contributed by atoms with van der Waals surface area (Å²) in [4.78, 5) is 23.4. The van der Waals surface area contributed by atoms with Crippen LogP contribution in [0, 0.1) is 6.92 Å². The fraction of sp³-hybridized carbons (Fsp3) is 0.389. The number of likely N-dealkylation sites (tertiary alicyclic amines) is 1. The van der Waals surface area contributed by atoms with Crippen molar-refractivity contribution < 1.29 is 9.90 Å². The monoisotopic (exact) mass is 356 g/mol. The van der Waals surface area contributed by atoms with E-state index in [2.05, 4.69) is 9.97 Å². The number of aliphatic hydroxyl groups is 1. The van der Waals surface area contributed by atoms with Gasteiger partial charge in [-0.3, -0.25) is 9.78 Å². The zero-order valence-electron chi connectivity index (χ0n) is 14.1.